The van der Waals surface area contributed by atoms with Crippen molar-refractivity contribution in [2.75, 3.05) is 13.1 Å². The molecule has 0 bridgehead atoms. The maximum absolute atomic E-state index is 12.9. The van der Waals surface area contributed by atoms with Gasteiger partial charge in [0.05, 0.1) is 4.90 Å². The molecule has 1 aromatic rings. The molecule has 1 heterocycles. The molecule has 4 nitrogen and oxygen atoms in total. The average Bonchev–Trinajstić information content (AvgIpc) is 2.48. The van der Waals surface area contributed by atoms with Crippen LogP contribution in [0.5, 0.6) is 0 Å². The highest BCUT2D eigenvalue weighted by molar-refractivity contribution is 7.89. The maximum Gasteiger partial charge on any atom is 0.243 e. The molecule has 1 aromatic carbocycles. The molecular formula is C16H26N2O2S. The molecule has 0 spiro atoms. The standard InChI is InChI=1S/C16H26N2O2S/c1-4-16(3)7-9-18(10-8-16)21(19,20)15-11-14(12-17)6-5-13(15)2/h5-6,11H,4,7-10,12,17H2,1-3H3. The number of aryl methyl sites for hydroxylation is 1. The lowest BCUT2D eigenvalue weighted by atomic mass is 9.79. The maximum atomic E-state index is 12.9. The van der Waals surface area contributed by atoms with Crippen LogP contribution in [0.1, 0.15) is 44.2 Å². The lowest BCUT2D eigenvalue weighted by Gasteiger charge is -2.38. The van der Waals surface area contributed by atoms with Crippen LogP contribution in [0.4, 0.5) is 0 Å². The number of piperidine rings is 1. The molecule has 0 atom stereocenters. The molecule has 1 saturated heterocycles. The molecule has 0 amide bonds. The summed E-state index contributed by atoms with van der Waals surface area (Å²) in [5.41, 5.74) is 7.56. The van der Waals surface area contributed by atoms with Gasteiger partial charge in [-0.25, -0.2) is 8.42 Å². The summed E-state index contributed by atoms with van der Waals surface area (Å²) in [5, 5.41) is 0. The first-order valence-electron chi connectivity index (χ1n) is 7.62. The zero-order chi connectivity index (χ0) is 15.7. The lowest BCUT2D eigenvalue weighted by Crippen LogP contribution is -2.42. The summed E-state index contributed by atoms with van der Waals surface area (Å²) in [5.74, 6) is 0. The van der Waals surface area contributed by atoms with Crippen molar-refractivity contribution < 1.29 is 8.42 Å². The second kappa shape index (κ2) is 6.07. The van der Waals surface area contributed by atoms with E-state index in [4.69, 9.17) is 5.73 Å². The van der Waals surface area contributed by atoms with E-state index in [1.54, 1.807) is 10.4 Å². The van der Waals surface area contributed by atoms with Crippen LogP contribution in [0.3, 0.4) is 0 Å². The van der Waals surface area contributed by atoms with Crippen LogP contribution in [-0.2, 0) is 16.6 Å². The topological polar surface area (TPSA) is 63.4 Å². The van der Waals surface area contributed by atoms with Gasteiger partial charge >= 0.3 is 0 Å². The number of nitrogens with two attached hydrogens (primary N) is 1. The summed E-state index contributed by atoms with van der Waals surface area (Å²) in [4.78, 5) is 0.408. The number of benzene rings is 1. The largest absolute Gasteiger partial charge is 0.326 e. The van der Waals surface area contributed by atoms with Gasteiger partial charge < -0.3 is 5.73 Å². The number of sulfonamides is 1. The molecule has 118 valence electrons. The molecule has 21 heavy (non-hydrogen) atoms. The van der Waals surface area contributed by atoms with Crippen molar-refractivity contribution in [3.8, 4) is 0 Å². The highest BCUT2D eigenvalue weighted by atomic mass is 32.2. The average molecular weight is 310 g/mol. The van der Waals surface area contributed by atoms with E-state index in [9.17, 15) is 8.42 Å². The van der Waals surface area contributed by atoms with Gasteiger partial charge in [-0.3, -0.25) is 0 Å². The molecule has 0 saturated carbocycles. The normalized spacial score (nSPS) is 19.6. The highest BCUT2D eigenvalue weighted by Gasteiger charge is 2.34. The van der Waals surface area contributed by atoms with Crippen LogP contribution in [-0.4, -0.2) is 25.8 Å². The van der Waals surface area contributed by atoms with E-state index in [1.165, 1.54) is 0 Å². The fourth-order valence-corrected chi connectivity index (χ4v) is 4.53. The van der Waals surface area contributed by atoms with Crippen molar-refractivity contribution in [3.63, 3.8) is 0 Å². The first-order valence-corrected chi connectivity index (χ1v) is 9.06. The molecule has 0 radical (unpaired) electrons. The number of hydrogen-bond acceptors (Lipinski definition) is 3. The van der Waals surface area contributed by atoms with E-state index in [1.807, 2.05) is 19.1 Å². The third kappa shape index (κ3) is 3.30. The van der Waals surface area contributed by atoms with E-state index in [-0.39, 0.29) is 5.41 Å². The fourth-order valence-electron chi connectivity index (χ4n) is 2.81. The van der Waals surface area contributed by atoms with Crippen molar-refractivity contribution in [2.45, 2.75) is 51.5 Å². The second-order valence-corrected chi connectivity index (χ2v) is 8.28. The quantitative estimate of drug-likeness (QED) is 0.930. The molecule has 0 aliphatic carbocycles. The molecule has 1 fully saturated rings. The highest BCUT2D eigenvalue weighted by Crippen LogP contribution is 2.36. The van der Waals surface area contributed by atoms with Crippen molar-refractivity contribution >= 4 is 10.0 Å². The Morgan fingerprint density at radius 2 is 1.90 bits per heavy atom. The second-order valence-electron chi connectivity index (χ2n) is 6.37. The molecule has 2 N–H and O–H groups in total. The van der Waals surface area contributed by atoms with E-state index in [0.717, 1.165) is 30.4 Å². The Bertz CT molecular complexity index is 603. The lowest BCUT2D eigenvalue weighted by molar-refractivity contribution is 0.169. The SMILES string of the molecule is CCC1(C)CCN(S(=O)(=O)c2cc(CN)ccc2C)CC1. The minimum atomic E-state index is -3.41. The summed E-state index contributed by atoms with van der Waals surface area (Å²) >= 11 is 0. The summed E-state index contributed by atoms with van der Waals surface area (Å²) in [7, 11) is -3.41. The van der Waals surface area contributed by atoms with E-state index < -0.39 is 10.0 Å². The van der Waals surface area contributed by atoms with Crippen molar-refractivity contribution in [1.29, 1.82) is 0 Å². The van der Waals surface area contributed by atoms with Gasteiger partial charge in [0.2, 0.25) is 10.0 Å². The van der Waals surface area contributed by atoms with Gasteiger partial charge in [-0.2, -0.15) is 4.31 Å². The Labute approximate surface area is 128 Å². The third-order valence-corrected chi connectivity index (χ3v) is 6.93. The fraction of sp³-hybridized carbons (Fsp3) is 0.625. The van der Waals surface area contributed by atoms with Gasteiger partial charge in [-0.05, 0) is 42.4 Å². The van der Waals surface area contributed by atoms with Gasteiger partial charge in [0.25, 0.3) is 0 Å². The van der Waals surface area contributed by atoms with E-state index in [0.29, 0.717) is 24.5 Å². The molecule has 1 aliphatic rings. The number of rotatable bonds is 4. The Hall–Kier alpha value is -0.910. The summed E-state index contributed by atoms with van der Waals surface area (Å²) in [6.45, 7) is 7.85. The van der Waals surface area contributed by atoms with Crippen molar-refractivity contribution in [2.24, 2.45) is 11.1 Å². The van der Waals surface area contributed by atoms with Gasteiger partial charge in [0.15, 0.2) is 0 Å². The molecule has 0 aromatic heterocycles. The predicted octanol–water partition coefficient (Wildman–Crippen LogP) is 2.65. The Morgan fingerprint density at radius 3 is 2.43 bits per heavy atom. The van der Waals surface area contributed by atoms with Crippen molar-refractivity contribution in [1.82, 2.24) is 4.31 Å². The summed E-state index contributed by atoms with van der Waals surface area (Å²) in [6, 6.07) is 5.45. The third-order valence-electron chi connectivity index (χ3n) is 4.89. The van der Waals surface area contributed by atoms with Gasteiger partial charge in [-0.1, -0.05) is 32.4 Å². The van der Waals surface area contributed by atoms with Gasteiger partial charge in [0, 0.05) is 19.6 Å². The first-order chi connectivity index (χ1) is 9.82. The van der Waals surface area contributed by atoms with Gasteiger partial charge in [-0.15, -0.1) is 0 Å². The van der Waals surface area contributed by atoms with Crippen LogP contribution in [0.25, 0.3) is 0 Å². The Kier molecular flexibility index (Phi) is 4.76. The summed E-state index contributed by atoms with van der Waals surface area (Å²) < 4.78 is 27.4. The summed E-state index contributed by atoms with van der Waals surface area (Å²) in [6.07, 6.45) is 2.96. The van der Waals surface area contributed by atoms with Crippen LogP contribution in [0, 0.1) is 12.3 Å². The smallest absolute Gasteiger partial charge is 0.243 e. The van der Waals surface area contributed by atoms with Crippen LogP contribution >= 0.6 is 0 Å². The van der Waals surface area contributed by atoms with Crippen LogP contribution in [0.15, 0.2) is 23.1 Å². The van der Waals surface area contributed by atoms with E-state index in [2.05, 4.69) is 13.8 Å². The molecule has 5 heteroatoms. The van der Waals surface area contributed by atoms with E-state index >= 15 is 0 Å². The van der Waals surface area contributed by atoms with Gasteiger partial charge in [0.1, 0.15) is 0 Å². The Morgan fingerprint density at radius 1 is 1.29 bits per heavy atom. The Balaban J connectivity index is 2.27. The molecule has 0 unspecified atom stereocenters. The number of nitrogens with zero attached hydrogens (tertiary/aromatic N) is 1. The van der Waals surface area contributed by atoms with Crippen LogP contribution in [0.2, 0.25) is 0 Å². The molecular weight excluding hydrogens is 284 g/mol. The first kappa shape index (κ1) is 16.5. The predicted molar refractivity (Wildman–Crippen MR) is 85.5 cm³/mol. The molecule has 1 aliphatic heterocycles. The zero-order valence-corrected chi connectivity index (χ0v) is 14.0. The minimum absolute atomic E-state index is 0.278. The minimum Gasteiger partial charge on any atom is -0.326 e. The van der Waals surface area contributed by atoms with Crippen LogP contribution < -0.4 is 5.73 Å². The van der Waals surface area contributed by atoms with Crippen molar-refractivity contribution in [3.05, 3.63) is 29.3 Å². The number of hydrogen-bond donors (Lipinski definition) is 1. The zero-order valence-electron chi connectivity index (χ0n) is 13.2. The molecule has 2 rings (SSSR count). The monoisotopic (exact) mass is 310 g/mol.